The number of ether oxygens (including phenoxy) is 1. The Morgan fingerprint density at radius 2 is 2.28 bits per heavy atom. The lowest BCUT2D eigenvalue weighted by Gasteiger charge is -2.33. The van der Waals surface area contributed by atoms with E-state index in [1.54, 1.807) is 18.3 Å². The zero-order valence-electron chi connectivity index (χ0n) is 10.5. The van der Waals surface area contributed by atoms with Crippen LogP contribution in [0, 0.1) is 0 Å². The average Bonchev–Trinajstić information content (AvgIpc) is 2.40. The van der Waals surface area contributed by atoms with Crippen molar-refractivity contribution < 1.29 is 14.6 Å². The molecule has 1 aliphatic rings. The lowest BCUT2D eigenvalue weighted by Crippen LogP contribution is -2.38. The minimum atomic E-state index is -0.926. The van der Waals surface area contributed by atoms with Gasteiger partial charge in [-0.15, -0.1) is 0 Å². The number of anilines is 1. The molecule has 0 unspecified atom stereocenters. The molecule has 0 aliphatic carbocycles. The SMILES string of the molecule is CCOC1CCN(c2ncccc2C(=O)O)CC1. The lowest BCUT2D eigenvalue weighted by atomic mass is 10.1. The van der Waals surface area contributed by atoms with E-state index in [1.165, 1.54) is 0 Å². The number of piperidine rings is 1. The number of hydrogen-bond donors (Lipinski definition) is 1. The van der Waals surface area contributed by atoms with Gasteiger partial charge in [-0.3, -0.25) is 0 Å². The molecule has 0 spiro atoms. The summed E-state index contributed by atoms with van der Waals surface area (Å²) in [5.74, 6) is -0.356. The molecule has 5 nitrogen and oxygen atoms in total. The van der Waals surface area contributed by atoms with Crippen molar-refractivity contribution in [2.24, 2.45) is 0 Å². The van der Waals surface area contributed by atoms with E-state index >= 15 is 0 Å². The number of carboxylic acids is 1. The maximum atomic E-state index is 11.1. The Bertz CT molecular complexity index is 414. The molecule has 2 rings (SSSR count). The van der Waals surface area contributed by atoms with Crippen LogP contribution in [0.1, 0.15) is 30.1 Å². The molecule has 1 fully saturated rings. The summed E-state index contributed by atoms with van der Waals surface area (Å²) >= 11 is 0. The molecule has 98 valence electrons. The molecule has 0 amide bonds. The highest BCUT2D eigenvalue weighted by molar-refractivity contribution is 5.93. The standard InChI is InChI=1S/C13H18N2O3/c1-2-18-10-5-8-15(9-6-10)12-11(13(16)17)4-3-7-14-12/h3-4,7,10H,2,5-6,8-9H2,1H3,(H,16,17). The molecule has 1 aliphatic heterocycles. The molecule has 0 radical (unpaired) electrons. The Morgan fingerprint density at radius 1 is 1.56 bits per heavy atom. The second-order valence-corrected chi connectivity index (χ2v) is 4.32. The van der Waals surface area contributed by atoms with Gasteiger partial charge < -0.3 is 14.7 Å². The number of pyridine rings is 1. The molecule has 1 aromatic heterocycles. The van der Waals surface area contributed by atoms with Crippen molar-refractivity contribution in [3.05, 3.63) is 23.9 Å². The van der Waals surface area contributed by atoms with E-state index in [0.29, 0.717) is 11.9 Å². The fourth-order valence-electron chi connectivity index (χ4n) is 2.29. The van der Waals surface area contributed by atoms with Crippen LogP contribution in [-0.2, 0) is 4.74 Å². The first-order chi connectivity index (χ1) is 8.72. The number of carboxylic acid groups (broad SMARTS) is 1. The predicted octanol–water partition coefficient (Wildman–Crippen LogP) is 1.79. The fourth-order valence-corrected chi connectivity index (χ4v) is 2.29. The molecule has 1 saturated heterocycles. The van der Waals surface area contributed by atoms with Gasteiger partial charge in [0, 0.05) is 25.9 Å². The van der Waals surface area contributed by atoms with Crippen molar-refractivity contribution in [2.45, 2.75) is 25.9 Å². The summed E-state index contributed by atoms with van der Waals surface area (Å²) in [5.41, 5.74) is 0.271. The third-order valence-electron chi connectivity index (χ3n) is 3.16. The van der Waals surface area contributed by atoms with Crippen LogP contribution < -0.4 is 4.90 Å². The zero-order chi connectivity index (χ0) is 13.0. The van der Waals surface area contributed by atoms with Crippen LogP contribution in [0.4, 0.5) is 5.82 Å². The third-order valence-corrected chi connectivity index (χ3v) is 3.16. The smallest absolute Gasteiger partial charge is 0.339 e. The Balaban J connectivity index is 2.07. The van der Waals surface area contributed by atoms with Gasteiger partial charge in [0.15, 0.2) is 0 Å². The molecule has 1 N–H and O–H groups in total. The summed E-state index contributed by atoms with van der Waals surface area (Å²) < 4.78 is 5.58. The second kappa shape index (κ2) is 5.82. The van der Waals surface area contributed by atoms with Gasteiger partial charge in [-0.2, -0.15) is 0 Å². The first-order valence-electron chi connectivity index (χ1n) is 6.27. The van der Waals surface area contributed by atoms with Gasteiger partial charge >= 0.3 is 5.97 Å². The van der Waals surface area contributed by atoms with Crippen LogP contribution in [0.15, 0.2) is 18.3 Å². The Morgan fingerprint density at radius 3 is 2.89 bits per heavy atom. The van der Waals surface area contributed by atoms with Gasteiger partial charge in [-0.1, -0.05) is 0 Å². The van der Waals surface area contributed by atoms with Crippen molar-refractivity contribution in [2.75, 3.05) is 24.6 Å². The minimum Gasteiger partial charge on any atom is -0.478 e. The van der Waals surface area contributed by atoms with E-state index in [-0.39, 0.29) is 5.56 Å². The monoisotopic (exact) mass is 250 g/mol. The molecule has 18 heavy (non-hydrogen) atoms. The van der Waals surface area contributed by atoms with Gasteiger partial charge in [0.1, 0.15) is 11.4 Å². The summed E-state index contributed by atoms with van der Waals surface area (Å²) in [7, 11) is 0. The first kappa shape index (κ1) is 12.8. The number of hydrogen-bond acceptors (Lipinski definition) is 4. The van der Waals surface area contributed by atoms with Gasteiger partial charge in [-0.05, 0) is 31.9 Å². The zero-order valence-corrected chi connectivity index (χ0v) is 10.5. The molecule has 0 bridgehead atoms. The van der Waals surface area contributed by atoms with E-state index in [9.17, 15) is 4.79 Å². The molecular formula is C13H18N2O3. The Kier molecular flexibility index (Phi) is 4.15. The molecule has 0 atom stereocenters. The summed E-state index contributed by atoms with van der Waals surface area (Å²) in [6, 6.07) is 3.25. The predicted molar refractivity (Wildman–Crippen MR) is 68.1 cm³/mol. The number of nitrogens with zero attached hydrogens (tertiary/aromatic N) is 2. The highest BCUT2D eigenvalue weighted by Gasteiger charge is 2.23. The molecule has 5 heteroatoms. The van der Waals surface area contributed by atoms with Crippen LogP contribution >= 0.6 is 0 Å². The maximum absolute atomic E-state index is 11.1. The normalized spacial score (nSPS) is 16.8. The fraction of sp³-hybridized carbons (Fsp3) is 0.538. The van der Waals surface area contributed by atoms with E-state index < -0.39 is 5.97 Å². The average molecular weight is 250 g/mol. The van der Waals surface area contributed by atoms with E-state index in [1.807, 2.05) is 11.8 Å². The quantitative estimate of drug-likeness (QED) is 0.882. The summed E-state index contributed by atoms with van der Waals surface area (Å²) in [6.45, 7) is 4.31. The Labute approximate surface area is 106 Å². The summed E-state index contributed by atoms with van der Waals surface area (Å²) in [5, 5.41) is 9.14. The number of rotatable bonds is 4. The minimum absolute atomic E-state index is 0.271. The number of aromatic carboxylic acids is 1. The van der Waals surface area contributed by atoms with Gasteiger partial charge in [0.25, 0.3) is 0 Å². The second-order valence-electron chi connectivity index (χ2n) is 4.32. The van der Waals surface area contributed by atoms with E-state index in [4.69, 9.17) is 9.84 Å². The first-order valence-corrected chi connectivity index (χ1v) is 6.27. The van der Waals surface area contributed by atoms with Crippen molar-refractivity contribution in [1.29, 1.82) is 0 Å². The van der Waals surface area contributed by atoms with E-state index in [0.717, 1.165) is 32.5 Å². The summed E-state index contributed by atoms with van der Waals surface area (Å²) in [6.07, 6.45) is 3.77. The number of carbonyl (C=O) groups is 1. The van der Waals surface area contributed by atoms with Gasteiger partial charge in [-0.25, -0.2) is 9.78 Å². The van der Waals surface area contributed by atoms with Crippen LogP contribution in [0.5, 0.6) is 0 Å². The number of aromatic nitrogens is 1. The van der Waals surface area contributed by atoms with Crippen molar-refractivity contribution >= 4 is 11.8 Å². The molecule has 1 aromatic rings. The van der Waals surface area contributed by atoms with Crippen molar-refractivity contribution in [1.82, 2.24) is 4.98 Å². The molecule has 0 saturated carbocycles. The van der Waals surface area contributed by atoms with Crippen LogP contribution in [0.3, 0.4) is 0 Å². The highest BCUT2D eigenvalue weighted by Crippen LogP contribution is 2.22. The third kappa shape index (κ3) is 2.79. The van der Waals surface area contributed by atoms with Crippen LogP contribution in [-0.4, -0.2) is 41.9 Å². The lowest BCUT2D eigenvalue weighted by molar-refractivity contribution is 0.0458. The summed E-state index contributed by atoms with van der Waals surface area (Å²) in [4.78, 5) is 17.4. The van der Waals surface area contributed by atoms with Gasteiger partial charge in [0.05, 0.1) is 6.10 Å². The van der Waals surface area contributed by atoms with Crippen LogP contribution in [0.25, 0.3) is 0 Å². The topological polar surface area (TPSA) is 62.7 Å². The van der Waals surface area contributed by atoms with E-state index in [2.05, 4.69) is 4.98 Å². The Hall–Kier alpha value is -1.62. The largest absolute Gasteiger partial charge is 0.478 e. The highest BCUT2D eigenvalue weighted by atomic mass is 16.5. The molecule has 0 aromatic carbocycles. The van der Waals surface area contributed by atoms with Gasteiger partial charge in [0.2, 0.25) is 0 Å². The maximum Gasteiger partial charge on any atom is 0.339 e. The molecule has 2 heterocycles. The van der Waals surface area contributed by atoms with Crippen molar-refractivity contribution in [3.63, 3.8) is 0 Å². The van der Waals surface area contributed by atoms with Crippen LogP contribution in [0.2, 0.25) is 0 Å². The van der Waals surface area contributed by atoms with Crippen molar-refractivity contribution in [3.8, 4) is 0 Å². The molecular weight excluding hydrogens is 232 g/mol.